The molecule has 32 heavy (non-hydrogen) atoms. The lowest BCUT2D eigenvalue weighted by Gasteiger charge is -2.22. The van der Waals surface area contributed by atoms with E-state index in [0.717, 1.165) is 57.9 Å². The number of fused-ring (bicyclic) bond motifs is 2. The Labute approximate surface area is 185 Å². The molecule has 0 spiro atoms. The maximum atomic E-state index is 11.4. The predicted octanol–water partition coefficient (Wildman–Crippen LogP) is 4.51. The van der Waals surface area contributed by atoms with Crippen LogP contribution in [-0.2, 0) is 11.3 Å². The van der Waals surface area contributed by atoms with Gasteiger partial charge in [-0.3, -0.25) is 5.32 Å². The lowest BCUT2D eigenvalue weighted by atomic mass is 10.0. The topological polar surface area (TPSA) is 92.4 Å². The quantitative estimate of drug-likeness (QED) is 0.498. The van der Waals surface area contributed by atoms with Gasteiger partial charge in [-0.1, -0.05) is 18.2 Å². The Hall–Kier alpha value is -4.07. The minimum atomic E-state index is -0.567. The van der Waals surface area contributed by atoms with Gasteiger partial charge < -0.3 is 19.4 Å². The smallest absolute Gasteiger partial charge is 0.413 e. The maximum Gasteiger partial charge on any atom is 0.413 e. The molecule has 2 aromatic heterocycles. The molecule has 0 fully saturated rings. The summed E-state index contributed by atoms with van der Waals surface area (Å²) in [5, 5.41) is 2.56. The molecule has 4 aromatic rings. The van der Waals surface area contributed by atoms with Crippen LogP contribution in [0, 0.1) is 6.92 Å². The van der Waals surface area contributed by atoms with Crippen LogP contribution < -0.4 is 15.0 Å². The van der Waals surface area contributed by atoms with Gasteiger partial charge in [0.25, 0.3) is 0 Å². The molecule has 1 amide bonds. The highest BCUT2D eigenvalue weighted by Crippen LogP contribution is 2.32. The number of carbonyl (C=O) groups excluding carboxylic acids is 1. The SMILES string of the molecule is COC(=O)Nc1nc2ccc(-c3ccc4c(c3)CN(c3ncccc3C)CCO4)cc2[nH]1. The Bertz CT molecular complexity index is 1300. The van der Waals surface area contributed by atoms with Crippen LogP contribution in [0.25, 0.3) is 22.2 Å². The number of imidazole rings is 1. The summed E-state index contributed by atoms with van der Waals surface area (Å²) in [5.74, 6) is 2.23. The molecule has 8 nitrogen and oxygen atoms in total. The van der Waals surface area contributed by atoms with Crippen molar-refractivity contribution in [3.8, 4) is 16.9 Å². The zero-order valence-corrected chi connectivity index (χ0v) is 17.9. The average Bonchev–Trinajstić information content (AvgIpc) is 3.08. The molecular formula is C24H23N5O3. The normalized spacial score (nSPS) is 13.2. The summed E-state index contributed by atoms with van der Waals surface area (Å²) < 4.78 is 10.6. The van der Waals surface area contributed by atoms with Crippen molar-refractivity contribution >= 4 is 28.9 Å². The van der Waals surface area contributed by atoms with Crippen LogP contribution in [0.4, 0.5) is 16.6 Å². The van der Waals surface area contributed by atoms with E-state index in [0.29, 0.717) is 12.6 Å². The van der Waals surface area contributed by atoms with Gasteiger partial charge in [0, 0.05) is 18.3 Å². The third-order valence-electron chi connectivity index (χ3n) is 5.54. The second-order valence-corrected chi connectivity index (χ2v) is 7.67. The van der Waals surface area contributed by atoms with Gasteiger partial charge in [-0.2, -0.15) is 0 Å². The van der Waals surface area contributed by atoms with Crippen LogP contribution in [0.15, 0.2) is 54.7 Å². The number of hydrogen-bond donors (Lipinski definition) is 2. The third-order valence-corrected chi connectivity index (χ3v) is 5.54. The highest BCUT2D eigenvalue weighted by molar-refractivity contribution is 5.88. The number of hydrogen-bond acceptors (Lipinski definition) is 6. The number of pyridine rings is 1. The zero-order valence-electron chi connectivity index (χ0n) is 17.9. The van der Waals surface area contributed by atoms with Gasteiger partial charge in [0.05, 0.1) is 24.7 Å². The standard InChI is InChI=1S/C24H23N5O3/c1-15-4-3-9-25-22(15)29-10-11-32-21-8-6-16(12-18(21)14-29)17-5-7-19-20(13-17)27-23(26-19)28-24(30)31-2/h3-9,12-13H,10-11,14H2,1-2H3,(H2,26,27,28,30). The first-order chi connectivity index (χ1) is 15.6. The van der Waals surface area contributed by atoms with Gasteiger partial charge in [0.15, 0.2) is 0 Å². The molecule has 1 aliphatic rings. The molecule has 0 radical (unpaired) electrons. The fourth-order valence-electron chi connectivity index (χ4n) is 3.96. The van der Waals surface area contributed by atoms with Crippen molar-refractivity contribution < 1.29 is 14.3 Å². The van der Waals surface area contributed by atoms with E-state index in [9.17, 15) is 4.79 Å². The molecule has 1 aliphatic heterocycles. The minimum Gasteiger partial charge on any atom is -0.491 e. The van der Waals surface area contributed by atoms with Crippen LogP contribution in [-0.4, -0.2) is 41.3 Å². The fourth-order valence-corrected chi connectivity index (χ4v) is 3.96. The molecule has 0 unspecified atom stereocenters. The van der Waals surface area contributed by atoms with E-state index in [1.165, 1.54) is 7.11 Å². The van der Waals surface area contributed by atoms with Gasteiger partial charge in [-0.25, -0.2) is 14.8 Å². The highest BCUT2D eigenvalue weighted by atomic mass is 16.5. The van der Waals surface area contributed by atoms with Gasteiger partial charge in [0.1, 0.15) is 18.2 Å². The molecular weight excluding hydrogens is 406 g/mol. The molecule has 0 aliphatic carbocycles. The number of nitrogens with zero attached hydrogens (tertiary/aromatic N) is 3. The summed E-state index contributed by atoms with van der Waals surface area (Å²) >= 11 is 0. The number of anilines is 2. The summed E-state index contributed by atoms with van der Waals surface area (Å²) in [5.41, 5.74) is 5.96. The second-order valence-electron chi connectivity index (χ2n) is 7.67. The lowest BCUT2D eigenvalue weighted by molar-refractivity contribution is 0.186. The maximum absolute atomic E-state index is 11.4. The molecule has 2 aromatic carbocycles. The molecule has 162 valence electrons. The Morgan fingerprint density at radius 2 is 2.03 bits per heavy atom. The molecule has 8 heteroatoms. The third kappa shape index (κ3) is 3.82. The number of ether oxygens (including phenoxy) is 2. The number of aryl methyl sites for hydroxylation is 1. The van der Waals surface area contributed by atoms with Crippen molar-refractivity contribution in [3.63, 3.8) is 0 Å². The summed E-state index contributed by atoms with van der Waals surface area (Å²) in [6, 6.07) is 16.2. The number of H-pyrrole nitrogens is 1. The zero-order chi connectivity index (χ0) is 22.1. The fraction of sp³-hybridized carbons (Fsp3) is 0.208. The average molecular weight is 429 g/mol. The minimum absolute atomic E-state index is 0.348. The Morgan fingerprint density at radius 3 is 2.88 bits per heavy atom. The number of carbonyl (C=O) groups is 1. The van der Waals surface area contributed by atoms with Crippen molar-refractivity contribution in [1.82, 2.24) is 15.0 Å². The van der Waals surface area contributed by atoms with Crippen molar-refractivity contribution in [2.24, 2.45) is 0 Å². The van der Waals surface area contributed by atoms with Gasteiger partial charge >= 0.3 is 6.09 Å². The van der Waals surface area contributed by atoms with Crippen LogP contribution in [0.3, 0.4) is 0 Å². The Morgan fingerprint density at radius 1 is 1.19 bits per heavy atom. The molecule has 0 saturated heterocycles. The second kappa shape index (κ2) is 8.22. The molecule has 5 rings (SSSR count). The number of aromatic amines is 1. The Balaban J connectivity index is 1.46. The largest absolute Gasteiger partial charge is 0.491 e. The van der Waals surface area contributed by atoms with Crippen LogP contribution >= 0.6 is 0 Å². The predicted molar refractivity (Wildman–Crippen MR) is 123 cm³/mol. The number of nitrogens with one attached hydrogen (secondary N) is 2. The molecule has 0 atom stereocenters. The highest BCUT2D eigenvalue weighted by Gasteiger charge is 2.19. The van der Waals surface area contributed by atoms with E-state index in [4.69, 9.17) is 4.74 Å². The van der Waals surface area contributed by atoms with Crippen molar-refractivity contribution in [2.45, 2.75) is 13.5 Å². The number of rotatable bonds is 3. The van der Waals surface area contributed by atoms with Crippen LogP contribution in [0.5, 0.6) is 5.75 Å². The van der Waals surface area contributed by atoms with Crippen LogP contribution in [0.2, 0.25) is 0 Å². The van der Waals surface area contributed by atoms with Crippen LogP contribution in [0.1, 0.15) is 11.1 Å². The van der Waals surface area contributed by atoms with Crippen molar-refractivity contribution in [2.75, 3.05) is 30.5 Å². The van der Waals surface area contributed by atoms with E-state index in [-0.39, 0.29) is 0 Å². The molecule has 0 saturated carbocycles. The number of aromatic nitrogens is 3. The molecule has 0 bridgehead atoms. The number of amides is 1. The van der Waals surface area contributed by atoms with E-state index >= 15 is 0 Å². The summed E-state index contributed by atoms with van der Waals surface area (Å²) in [6.45, 7) is 4.19. The van der Waals surface area contributed by atoms with E-state index in [1.807, 2.05) is 36.5 Å². The van der Waals surface area contributed by atoms with Crippen molar-refractivity contribution in [3.05, 3.63) is 65.9 Å². The van der Waals surface area contributed by atoms with Crippen molar-refractivity contribution in [1.29, 1.82) is 0 Å². The summed E-state index contributed by atoms with van der Waals surface area (Å²) in [7, 11) is 1.31. The first-order valence-corrected chi connectivity index (χ1v) is 10.4. The summed E-state index contributed by atoms with van der Waals surface area (Å²) in [4.78, 5) is 25.8. The first-order valence-electron chi connectivity index (χ1n) is 10.4. The van der Waals surface area contributed by atoms with Gasteiger partial charge in [-0.15, -0.1) is 0 Å². The summed E-state index contributed by atoms with van der Waals surface area (Å²) in [6.07, 6.45) is 1.26. The monoisotopic (exact) mass is 429 g/mol. The lowest BCUT2D eigenvalue weighted by Crippen LogP contribution is -2.26. The number of methoxy groups -OCH3 is 1. The molecule has 3 heterocycles. The van der Waals surface area contributed by atoms with Gasteiger partial charge in [-0.05, 0) is 53.9 Å². The van der Waals surface area contributed by atoms with Gasteiger partial charge in [0.2, 0.25) is 5.95 Å². The van der Waals surface area contributed by atoms with E-state index in [2.05, 4.69) is 55.0 Å². The molecule has 2 N–H and O–H groups in total. The van der Waals surface area contributed by atoms with E-state index in [1.54, 1.807) is 0 Å². The van der Waals surface area contributed by atoms with E-state index < -0.39 is 6.09 Å². The first kappa shape index (κ1) is 19.9. The number of benzene rings is 2. The Kier molecular flexibility index (Phi) is 5.10.